The lowest BCUT2D eigenvalue weighted by Gasteiger charge is -1.93. The molecule has 0 bridgehead atoms. The van der Waals surface area contributed by atoms with Gasteiger partial charge in [-0.3, -0.25) is 4.79 Å². The zero-order valence-electron chi connectivity index (χ0n) is 6.20. The predicted molar refractivity (Wildman–Crippen MR) is 51.2 cm³/mol. The van der Waals surface area contributed by atoms with Gasteiger partial charge in [0, 0.05) is 10.0 Å². The van der Waals surface area contributed by atoms with Gasteiger partial charge in [-0.1, -0.05) is 15.9 Å². The van der Waals surface area contributed by atoms with E-state index in [2.05, 4.69) is 21.0 Å². The van der Waals surface area contributed by atoms with Gasteiger partial charge >= 0.3 is 0 Å². The molecule has 1 aromatic rings. The second-order valence-corrected chi connectivity index (χ2v) is 3.06. The van der Waals surface area contributed by atoms with Crippen LogP contribution in [0.1, 0.15) is 10.4 Å². The van der Waals surface area contributed by atoms with Crippen molar-refractivity contribution in [3.63, 3.8) is 0 Å². The summed E-state index contributed by atoms with van der Waals surface area (Å²) in [5, 5.41) is 3.15. The lowest BCUT2D eigenvalue weighted by Crippen LogP contribution is -2.01. The van der Waals surface area contributed by atoms with Gasteiger partial charge in [-0.25, -0.2) is 0 Å². The Balaban J connectivity index is 2.90. The second-order valence-electron chi connectivity index (χ2n) is 2.15. The van der Waals surface area contributed by atoms with Gasteiger partial charge in [0.05, 0.1) is 6.21 Å². The third-order valence-electron chi connectivity index (χ3n) is 1.32. The molecule has 2 N–H and O–H groups in total. The Bertz CT molecular complexity index is 305. The van der Waals surface area contributed by atoms with Crippen molar-refractivity contribution in [2.75, 3.05) is 0 Å². The average molecular weight is 227 g/mol. The van der Waals surface area contributed by atoms with Crippen LogP contribution < -0.4 is 5.84 Å². The van der Waals surface area contributed by atoms with Crippen LogP contribution in [0.5, 0.6) is 0 Å². The predicted octanol–water partition coefficient (Wildman–Crippen LogP) is 1.58. The number of carbonyl (C=O) groups excluding carboxylic acids is 1. The summed E-state index contributed by atoms with van der Waals surface area (Å²) in [6, 6.07) is 6.98. The molecule has 0 atom stereocenters. The van der Waals surface area contributed by atoms with Crippen LogP contribution in [0.4, 0.5) is 0 Å². The molecule has 0 unspecified atom stereocenters. The SMILES string of the molecule is N/N=C\C(=O)c1ccc(Br)cc1. The van der Waals surface area contributed by atoms with E-state index in [0.29, 0.717) is 5.56 Å². The minimum absolute atomic E-state index is 0.190. The van der Waals surface area contributed by atoms with E-state index in [-0.39, 0.29) is 5.78 Å². The number of halogens is 1. The first-order valence-corrected chi connectivity index (χ1v) is 4.06. The molecule has 0 aliphatic heterocycles. The molecule has 12 heavy (non-hydrogen) atoms. The number of hydrazone groups is 1. The molecule has 3 nitrogen and oxygen atoms in total. The van der Waals surface area contributed by atoms with Crippen LogP contribution in [0.2, 0.25) is 0 Å². The molecule has 0 aliphatic rings. The van der Waals surface area contributed by atoms with Gasteiger partial charge in [-0.05, 0) is 24.3 Å². The molecule has 0 saturated heterocycles. The molecule has 0 radical (unpaired) electrons. The fourth-order valence-electron chi connectivity index (χ4n) is 0.756. The summed E-state index contributed by atoms with van der Waals surface area (Å²) in [5.41, 5.74) is 0.576. The molecule has 1 rings (SSSR count). The number of hydrogen-bond donors (Lipinski definition) is 1. The van der Waals surface area contributed by atoms with Gasteiger partial charge in [-0.15, -0.1) is 0 Å². The first kappa shape index (κ1) is 8.93. The van der Waals surface area contributed by atoms with Crippen LogP contribution >= 0.6 is 15.9 Å². The molecule has 0 fully saturated rings. The van der Waals surface area contributed by atoms with E-state index in [1.165, 1.54) is 0 Å². The van der Waals surface area contributed by atoms with Crippen molar-refractivity contribution in [2.45, 2.75) is 0 Å². The first-order valence-electron chi connectivity index (χ1n) is 3.27. The van der Waals surface area contributed by atoms with Gasteiger partial charge < -0.3 is 5.84 Å². The standard InChI is InChI=1S/C8H7BrN2O/c9-7-3-1-6(2-4-7)8(12)5-11-10/h1-5H,10H2/b11-5-. The number of nitrogens with two attached hydrogens (primary N) is 1. The summed E-state index contributed by atoms with van der Waals surface area (Å²) in [4.78, 5) is 11.1. The van der Waals surface area contributed by atoms with E-state index in [0.717, 1.165) is 10.7 Å². The molecule has 0 aromatic heterocycles. The maximum Gasteiger partial charge on any atom is 0.205 e. The maximum absolute atomic E-state index is 11.1. The normalized spacial score (nSPS) is 10.4. The molecule has 0 aliphatic carbocycles. The zero-order chi connectivity index (χ0) is 8.97. The topological polar surface area (TPSA) is 55.4 Å². The van der Waals surface area contributed by atoms with Crippen LogP contribution in [0.3, 0.4) is 0 Å². The summed E-state index contributed by atoms with van der Waals surface area (Å²) in [6.07, 6.45) is 1.09. The van der Waals surface area contributed by atoms with Crippen molar-refractivity contribution in [1.82, 2.24) is 0 Å². The van der Waals surface area contributed by atoms with E-state index in [4.69, 9.17) is 5.84 Å². The van der Waals surface area contributed by atoms with Crippen molar-refractivity contribution in [3.05, 3.63) is 34.3 Å². The second kappa shape index (κ2) is 4.01. The van der Waals surface area contributed by atoms with Crippen molar-refractivity contribution < 1.29 is 4.79 Å². The number of benzene rings is 1. The van der Waals surface area contributed by atoms with Crippen LogP contribution in [-0.4, -0.2) is 12.0 Å². The Kier molecular flexibility index (Phi) is 2.99. The Labute approximate surface area is 78.4 Å². The summed E-state index contributed by atoms with van der Waals surface area (Å²) in [7, 11) is 0. The average Bonchev–Trinajstić information content (AvgIpc) is 2.06. The smallest absolute Gasteiger partial charge is 0.205 e. The molecule has 0 amide bonds. The van der Waals surface area contributed by atoms with E-state index >= 15 is 0 Å². The highest BCUT2D eigenvalue weighted by Crippen LogP contribution is 2.10. The number of hydrogen-bond acceptors (Lipinski definition) is 3. The first-order chi connectivity index (χ1) is 5.74. The minimum Gasteiger partial charge on any atom is -0.323 e. The highest BCUT2D eigenvalue weighted by atomic mass is 79.9. The molecular formula is C8H7BrN2O. The van der Waals surface area contributed by atoms with E-state index in [1.807, 2.05) is 0 Å². The summed E-state index contributed by atoms with van der Waals surface area (Å²) < 4.78 is 0.934. The van der Waals surface area contributed by atoms with Gasteiger partial charge in [0.2, 0.25) is 5.78 Å². The summed E-state index contributed by atoms with van der Waals surface area (Å²) >= 11 is 3.26. The number of nitrogens with zero attached hydrogens (tertiary/aromatic N) is 1. The number of rotatable bonds is 2. The Hall–Kier alpha value is -1.16. The third kappa shape index (κ3) is 2.17. The monoisotopic (exact) mass is 226 g/mol. The molecule has 4 heteroatoms. The minimum atomic E-state index is -0.190. The molecule has 62 valence electrons. The van der Waals surface area contributed by atoms with Crippen molar-refractivity contribution in [3.8, 4) is 0 Å². The number of Topliss-reactive ketones (excluding diaryl/α,β-unsaturated/α-hetero) is 1. The Morgan fingerprint density at radius 1 is 1.42 bits per heavy atom. The Morgan fingerprint density at radius 2 is 2.00 bits per heavy atom. The lowest BCUT2D eigenvalue weighted by atomic mass is 10.1. The Morgan fingerprint density at radius 3 is 2.50 bits per heavy atom. The summed E-state index contributed by atoms with van der Waals surface area (Å²) in [5.74, 6) is 4.65. The maximum atomic E-state index is 11.1. The van der Waals surface area contributed by atoms with Crippen molar-refractivity contribution in [2.24, 2.45) is 10.9 Å². The van der Waals surface area contributed by atoms with Gasteiger partial charge in [0.15, 0.2) is 0 Å². The van der Waals surface area contributed by atoms with E-state index in [1.54, 1.807) is 24.3 Å². The fraction of sp³-hybridized carbons (Fsp3) is 0. The van der Waals surface area contributed by atoms with Crippen LogP contribution in [-0.2, 0) is 0 Å². The highest BCUT2D eigenvalue weighted by Gasteiger charge is 2.00. The fourth-order valence-corrected chi connectivity index (χ4v) is 1.02. The zero-order valence-corrected chi connectivity index (χ0v) is 7.78. The molecule has 1 aromatic carbocycles. The highest BCUT2D eigenvalue weighted by molar-refractivity contribution is 9.10. The van der Waals surface area contributed by atoms with Crippen LogP contribution in [0.25, 0.3) is 0 Å². The van der Waals surface area contributed by atoms with Gasteiger partial charge in [0.1, 0.15) is 0 Å². The molecule has 0 saturated carbocycles. The van der Waals surface area contributed by atoms with Gasteiger partial charge in [0.25, 0.3) is 0 Å². The quantitative estimate of drug-likeness (QED) is 0.361. The lowest BCUT2D eigenvalue weighted by molar-refractivity contribution is 0.107. The number of ketones is 1. The van der Waals surface area contributed by atoms with Gasteiger partial charge in [-0.2, -0.15) is 5.10 Å². The van der Waals surface area contributed by atoms with E-state index < -0.39 is 0 Å². The molecular weight excluding hydrogens is 220 g/mol. The van der Waals surface area contributed by atoms with Crippen molar-refractivity contribution in [1.29, 1.82) is 0 Å². The van der Waals surface area contributed by atoms with Crippen LogP contribution in [0.15, 0.2) is 33.8 Å². The van der Waals surface area contributed by atoms with Crippen molar-refractivity contribution >= 4 is 27.9 Å². The molecule has 0 spiro atoms. The summed E-state index contributed by atoms with van der Waals surface area (Å²) in [6.45, 7) is 0. The third-order valence-corrected chi connectivity index (χ3v) is 1.85. The van der Waals surface area contributed by atoms with Crippen LogP contribution in [0, 0.1) is 0 Å². The van der Waals surface area contributed by atoms with E-state index in [9.17, 15) is 4.79 Å². The largest absolute Gasteiger partial charge is 0.323 e. The number of carbonyl (C=O) groups is 1. The molecule has 0 heterocycles.